The summed E-state index contributed by atoms with van der Waals surface area (Å²) in [7, 11) is -3.57. The molecular formula is C9H8N2O4S. The smallest absolute Gasteiger partial charge is 0.251 e. The zero-order valence-electron chi connectivity index (χ0n) is 8.59. The summed E-state index contributed by atoms with van der Waals surface area (Å²) in [5.41, 5.74) is 0.450. The van der Waals surface area contributed by atoms with Crippen molar-refractivity contribution in [1.82, 2.24) is 9.19 Å². The molecule has 0 aliphatic heterocycles. The third-order valence-corrected chi connectivity index (χ3v) is 3.13. The van der Waals surface area contributed by atoms with Crippen molar-refractivity contribution in [2.24, 2.45) is 0 Å². The number of rotatable bonds is 1. The summed E-state index contributed by atoms with van der Waals surface area (Å²) in [5.74, 6) is -1.38. The molecule has 0 N–H and O–H groups in total. The number of carbonyl (C=O) groups excluding carboxylic acids is 2. The molecule has 2 rings (SSSR count). The summed E-state index contributed by atoms with van der Waals surface area (Å²) >= 11 is 0. The number of ketones is 2. The van der Waals surface area contributed by atoms with Gasteiger partial charge in [0.1, 0.15) is 0 Å². The predicted octanol–water partition coefficient (Wildman–Crippen LogP) is -0.222. The molecule has 0 bridgehead atoms. The molecule has 0 atom stereocenters. The molecule has 0 saturated carbocycles. The summed E-state index contributed by atoms with van der Waals surface area (Å²) in [6.07, 6.45) is 3.32. The summed E-state index contributed by atoms with van der Waals surface area (Å²) in [4.78, 5) is 22.7. The molecule has 1 aliphatic rings. The van der Waals surface area contributed by atoms with E-state index in [9.17, 15) is 18.0 Å². The molecule has 0 radical (unpaired) electrons. The van der Waals surface area contributed by atoms with Crippen LogP contribution in [-0.2, 0) is 14.8 Å². The van der Waals surface area contributed by atoms with Crippen LogP contribution in [-0.4, -0.2) is 35.4 Å². The minimum absolute atomic E-state index is 0.0675. The van der Waals surface area contributed by atoms with Gasteiger partial charge in [-0.2, -0.15) is 9.19 Å². The molecule has 1 aliphatic carbocycles. The van der Waals surface area contributed by atoms with E-state index in [-0.39, 0.29) is 17.0 Å². The van der Waals surface area contributed by atoms with Crippen LogP contribution in [0, 0.1) is 6.92 Å². The van der Waals surface area contributed by atoms with E-state index in [4.69, 9.17) is 0 Å². The van der Waals surface area contributed by atoms with E-state index in [1.165, 1.54) is 13.0 Å². The number of hydrogen-bond acceptors (Lipinski definition) is 5. The van der Waals surface area contributed by atoms with Gasteiger partial charge in [0.25, 0.3) is 10.0 Å². The third-order valence-electron chi connectivity index (χ3n) is 2.22. The number of nitrogens with zero attached hydrogens (tertiary/aromatic N) is 2. The maximum atomic E-state index is 11.5. The highest BCUT2D eigenvalue weighted by atomic mass is 32.2. The van der Waals surface area contributed by atoms with Crippen molar-refractivity contribution in [3.8, 4) is 0 Å². The Morgan fingerprint density at radius 2 is 1.88 bits per heavy atom. The Kier molecular flexibility index (Phi) is 2.09. The fourth-order valence-corrected chi connectivity index (χ4v) is 2.34. The molecule has 16 heavy (non-hydrogen) atoms. The van der Waals surface area contributed by atoms with Gasteiger partial charge in [-0.05, 0) is 19.1 Å². The van der Waals surface area contributed by atoms with Crippen molar-refractivity contribution in [3.05, 3.63) is 23.0 Å². The van der Waals surface area contributed by atoms with Crippen molar-refractivity contribution in [1.29, 1.82) is 0 Å². The molecule has 6 nitrogen and oxygen atoms in total. The molecule has 1 aromatic rings. The molecular weight excluding hydrogens is 232 g/mol. The van der Waals surface area contributed by atoms with Crippen molar-refractivity contribution in [3.63, 3.8) is 0 Å². The topological polar surface area (TPSA) is 86.1 Å². The molecule has 0 fully saturated rings. The maximum Gasteiger partial charge on any atom is 0.251 e. The Bertz CT molecular complexity index is 637. The first-order valence-corrected chi connectivity index (χ1v) is 6.24. The molecule has 0 spiro atoms. The van der Waals surface area contributed by atoms with Crippen LogP contribution in [0.5, 0.6) is 0 Å². The molecule has 1 aromatic heterocycles. The first-order valence-electron chi connectivity index (χ1n) is 4.39. The highest BCUT2D eigenvalue weighted by Gasteiger charge is 2.29. The normalized spacial score (nSPS) is 15.4. The lowest BCUT2D eigenvalue weighted by Crippen LogP contribution is -2.19. The largest absolute Gasteiger partial charge is 0.286 e. The number of allylic oxidation sites excluding steroid dienone is 1. The van der Waals surface area contributed by atoms with Crippen molar-refractivity contribution >= 4 is 27.7 Å². The van der Waals surface area contributed by atoms with E-state index in [0.717, 1.165) is 16.4 Å². The van der Waals surface area contributed by atoms with E-state index in [0.29, 0.717) is 0 Å². The Morgan fingerprint density at radius 1 is 1.25 bits per heavy atom. The van der Waals surface area contributed by atoms with Gasteiger partial charge in [-0.1, -0.05) is 0 Å². The lowest BCUT2D eigenvalue weighted by molar-refractivity contribution is -0.110. The Labute approximate surface area is 91.6 Å². The fraction of sp³-hybridized carbons (Fsp3) is 0.222. The van der Waals surface area contributed by atoms with E-state index in [1.807, 2.05) is 0 Å². The summed E-state index contributed by atoms with van der Waals surface area (Å²) in [5, 5.41) is 3.75. The van der Waals surface area contributed by atoms with E-state index in [1.54, 1.807) is 0 Å². The van der Waals surface area contributed by atoms with Crippen LogP contribution >= 0.6 is 0 Å². The molecule has 0 amide bonds. The van der Waals surface area contributed by atoms with Gasteiger partial charge in [-0.25, -0.2) is 8.42 Å². The van der Waals surface area contributed by atoms with Crippen LogP contribution in [0.3, 0.4) is 0 Å². The van der Waals surface area contributed by atoms with Crippen LogP contribution < -0.4 is 0 Å². The summed E-state index contributed by atoms with van der Waals surface area (Å²) in [6.45, 7) is 1.49. The van der Waals surface area contributed by atoms with Gasteiger partial charge in [0.2, 0.25) is 11.6 Å². The van der Waals surface area contributed by atoms with Crippen molar-refractivity contribution in [2.75, 3.05) is 6.26 Å². The SMILES string of the molecule is Cc1nn(S(C)(=O)=O)c2c1C(=O)C(=O)C=C2. The molecule has 7 heteroatoms. The van der Waals surface area contributed by atoms with Crippen molar-refractivity contribution < 1.29 is 18.0 Å². The van der Waals surface area contributed by atoms with Crippen molar-refractivity contribution in [2.45, 2.75) is 6.92 Å². The summed E-state index contributed by atoms with van der Waals surface area (Å²) < 4.78 is 23.5. The van der Waals surface area contributed by atoms with Crippen LogP contribution in [0.15, 0.2) is 6.08 Å². The van der Waals surface area contributed by atoms with Gasteiger partial charge >= 0.3 is 0 Å². The number of aryl methyl sites for hydroxylation is 1. The third kappa shape index (κ3) is 1.40. The van der Waals surface area contributed by atoms with Crippen LogP contribution in [0.4, 0.5) is 0 Å². The number of fused-ring (bicyclic) bond motifs is 1. The summed E-state index contributed by atoms with van der Waals surface area (Å²) in [6, 6.07) is 0. The Hall–Kier alpha value is -1.76. The lowest BCUT2D eigenvalue weighted by atomic mass is 10.00. The first kappa shape index (κ1) is 10.7. The standard InChI is InChI=1S/C9H8N2O4S/c1-5-8-6(3-4-7(12)9(8)13)11(10-5)16(2,14)15/h3-4H,1-2H3. The lowest BCUT2D eigenvalue weighted by Gasteiger charge is -2.05. The number of carbonyl (C=O) groups is 2. The zero-order chi connectivity index (χ0) is 12.1. The van der Waals surface area contributed by atoms with E-state index in [2.05, 4.69) is 5.10 Å². The quantitative estimate of drug-likeness (QED) is 0.633. The van der Waals surface area contributed by atoms with Crippen LogP contribution in [0.25, 0.3) is 6.08 Å². The van der Waals surface area contributed by atoms with E-state index < -0.39 is 21.6 Å². The average molecular weight is 240 g/mol. The van der Waals surface area contributed by atoms with Gasteiger partial charge in [0, 0.05) is 0 Å². The molecule has 0 aromatic carbocycles. The maximum absolute atomic E-state index is 11.5. The predicted molar refractivity (Wildman–Crippen MR) is 55.6 cm³/mol. The van der Waals surface area contributed by atoms with Gasteiger partial charge in [0.05, 0.1) is 23.2 Å². The van der Waals surface area contributed by atoms with Gasteiger partial charge in [-0.15, -0.1) is 0 Å². The molecule has 84 valence electrons. The van der Waals surface area contributed by atoms with Crippen LogP contribution in [0.1, 0.15) is 21.7 Å². The minimum atomic E-state index is -3.57. The number of aromatic nitrogens is 2. The highest BCUT2D eigenvalue weighted by molar-refractivity contribution is 7.89. The van der Waals surface area contributed by atoms with E-state index >= 15 is 0 Å². The molecule has 1 heterocycles. The second kappa shape index (κ2) is 3.11. The average Bonchev–Trinajstić information content (AvgIpc) is 2.50. The van der Waals surface area contributed by atoms with Gasteiger partial charge in [-0.3, -0.25) is 9.59 Å². The highest BCUT2D eigenvalue weighted by Crippen LogP contribution is 2.21. The minimum Gasteiger partial charge on any atom is -0.286 e. The Morgan fingerprint density at radius 3 is 2.44 bits per heavy atom. The van der Waals surface area contributed by atoms with Gasteiger partial charge in [0.15, 0.2) is 0 Å². The molecule has 0 saturated heterocycles. The Balaban J connectivity index is 2.82. The fourth-order valence-electron chi connectivity index (χ4n) is 1.56. The first-order chi connectivity index (χ1) is 7.32. The number of Topliss-reactive ketones (excluding diaryl/α,β-unsaturated/α-hetero) is 1. The second-order valence-corrected chi connectivity index (χ2v) is 5.29. The molecule has 0 unspecified atom stereocenters. The number of hydrogen-bond donors (Lipinski definition) is 0. The monoisotopic (exact) mass is 240 g/mol. The van der Waals surface area contributed by atoms with Gasteiger partial charge < -0.3 is 0 Å². The second-order valence-electron chi connectivity index (χ2n) is 3.48. The van der Waals surface area contributed by atoms with Crippen LogP contribution in [0.2, 0.25) is 0 Å². The zero-order valence-corrected chi connectivity index (χ0v) is 9.41.